The molecule has 1 fully saturated rings. The van der Waals surface area contributed by atoms with Gasteiger partial charge in [0.05, 0.1) is 10.6 Å². The van der Waals surface area contributed by atoms with Crippen molar-refractivity contribution in [3.8, 4) is 0 Å². The molecule has 1 heterocycles. The number of thioether (sulfide) groups is 1. The average Bonchev–Trinajstić information content (AvgIpc) is 2.77. The molecule has 1 aliphatic rings. The summed E-state index contributed by atoms with van der Waals surface area (Å²) in [7, 11) is 0. The molecule has 0 aliphatic carbocycles. The predicted octanol–water partition coefficient (Wildman–Crippen LogP) is 5.31. The van der Waals surface area contributed by atoms with Gasteiger partial charge >= 0.3 is 0 Å². The quantitative estimate of drug-likeness (QED) is 0.351. The SMILES string of the molecule is Cc1ccc(N2C(=O)/C(=C/c3ccc(I)cc3)SC2=S)c(C)c1. The fraction of sp³-hybridized carbons (Fsp3) is 0.111. The maximum Gasteiger partial charge on any atom is 0.270 e. The van der Waals surface area contributed by atoms with Crippen molar-refractivity contribution in [2.45, 2.75) is 13.8 Å². The number of hydrogen-bond donors (Lipinski definition) is 0. The van der Waals surface area contributed by atoms with Crippen LogP contribution in [0.2, 0.25) is 0 Å². The summed E-state index contributed by atoms with van der Waals surface area (Å²) in [4.78, 5) is 15.1. The highest BCUT2D eigenvalue weighted by Gasteiger charge is 2.33. The third-order valence-corrected chi connectivity index (χ3v) is 5.58. The number of thiocarbonyl (C=S) groups is 1. The molecule has 23 heavy (non-hydrogen) atoms. The van der Waals surface area contributed by atoms with Crippen LogP contribution >= 0.6 is 46.6 Å². The maximum atomic E-state index is 12.8. The van der Waals surface area contributed by atoms with Gasteiger partial charge in [-0.15, -0.1) is 0 Å². The number of rotatable bonds is 2. The Bertz CT molecular complexity index is 827. The number of carbonyl (C=O) groups excluding carboxylic acids is 1. The zero-order valence-electron chi connectivity index (χ0n) is 12.7. The van der Waals surface area contributed by atoms with E-state index in [0.29, 0.717) is 9.23 Å². The van der Waals surface area contributed by atoms with Gasteiger partial charge in [0.15, 0.2) is 4.32 Å². The molecule has 0 spiro atoms. The zero-order chi connectivity index (χ0) is 16.6. The second-order valence-corrected chi connectivity index (χ2v) is 8.28. The summed E-state index contributed by atoms with van der Waals surface area (Å²) in [6.07, 6.45) is 1.90. The Morgan fingerprint density at radius 2 is 1.83 bits per heavy atom. The van der Waals surface area contributed by atoms with E-state index in [1.54, 1.807) is 4.90 Å². The first-order valence-electron chi connectivity index (χ1n) is 7.06. The molecule has 3 rings (SSSR count). The lowest BCUT2D eigenvalue weighted by Gasteiger charge is -2.17. The number of benzene rings is 2. The van der Waals surface area contributed by atoms with Crippen LogP contribution in [0.25, 0.3) is 6.08 Å². The van der Waals surface area contributed by atoms with Gasteiger partial charge in [-0.25, -0.2) is 0 Å². The Hall–Kier alpha value is -1.18. The molecule has 0 atom stereocenters. The highest BCUT2D eigenvalue weighted by molar-refractivity contribution is 14.1. The van der Waals surface area contributed by atoms with Crippen molar-refractivity contribution in [1.82, 2.24) is 0 Å². The lowest BCUT2D eigenvalue weighted by Crippen LogP contribution is -2.28. The Morgan fingerprint density at radius 3 is 2.48 bits per heavy atom. The third-order valence-electron chi connectivity index (χ3n) is 3.55. The van der Waals surface area contributed by atoms with Gasteiger partial charge in [-0.2, -0.15) is 0 Å². The molecule has 0 saturated carbocycles. The Labute approximate surface area is 159 Å². The van der Waals surface area contributed by atoms with Gasteiger partial charge in [0.1, 0.15) is 0 Å². The Morgan fingerprint density at radius 1 is 1.13 bits per heavy atom. The number of aryl methyl sites for hydroxylation is 2. The van der Waals surface area contributed by atoms with Crippen LogP contribution in [0.3, 0.4) is 0 Å². The normalized spacial score (nSPS) is 16.5. The second-order valence-electron chi connectivity index (χ2n) is 5.36. The summed E-state index contributed by atoms with van der Waals surface area (Å²) in [5.74, 6) is -0.0505. The smallest absolute Gasteiger partial charge is 0.268 e. The molecule has 0 bridgehead atoms. The van der Waals surface area contributed by atoms with E-state index in [0.717, 1.165) is 16.8 Å². The molecule has 1 saturated heterocycles. The predicted molar refractivity (Wildman–Crippen MR) is 111 cm³/mol. The second kappa shape index (κ2) is 6.75. The van der Waals surface area contributed by atoms with Gasteiger partial charge in [-0.3, -0.25) is 9.69 Å². The molecule has 0 N–H and O–H groups in total. The standard InChI is InChI=1S/C18H14INOS2/c1-11-3-8-15(12(2)9-11)20-17(21)16(23-18(20)22)10-13-4-6-14(19)7-5-13/h3-10H,1-2H3/b16-10-. The highest BCUT2D eigenvalue weighted by Crippen LogP contribution is 2.37. The minimum absolute atomic E-state index is 0.0505. The summed E-state index contributed by atoms with van der Waals surface area (Å²) in [6.45, 7) is 4.04. The van der Waals surface area contributed by atoms with E-state index in [2.05, 4.69) is 28.7 Å². The number of nitrogens with zero attached hydrogens (tertiary/aromatic N) is 1. The van der Waals surface area contributed by atoms with Gasteiger partial charge in [0.25, 0.3) is 5.91 Å². The summed E-state index contributed by atoms with van der Waals surface area (Å²) in [6, 6.07) is 14.1. The number of hydrogen-bond acceptors (Lipinski definition) is 3. The van der Waals surface area contributed by atoms with Gasteiger partial charge in [0, 0.05) is 3.57 Å². The number of anilines is 1. The lowest BCUT2D eigenvalue weighted by atomic mass is 10.1. The van der Waals surface area contributed by atoms with Crippen LogP contribution in [-0.2, 0) is 4.79 Å². The van der Waals surface area contributed by atoms with Crippen molar-refractivity contribution in [3.63, 3.8) is 0 Å². The van der Waals surface area contributed by atoms with Gasteiger partial charge in [-0.1, -0.05) is 53.8 Å². The van der Waals surface area contributed by atoms with Crippen LogP contribution in [-0.4, -0.2) is 10.2 Å². The fourth-order valence-electron chi connectivity index (χ4n) is 2.44. The van der Waals surface area contributed by atoms with E-state index in [1.165, 1.54) is 20.9 Å². The van der Waals surface area contributed by atoms with Crippen LogP contribution in [0.5, 0.6) is 0 Å². The first kappa shape index (κ1) is 16.7. The van der Waals surface area contributed by atoms with Crippen molar-refractivity contribution in [1.29, 1.82) is 0 Å². The van der Waals surface area contributed by atoms with E-state index in [-0.39, 0.29) is 5.91 Å². The fourth-order valence-corrected chi connectivity index (χ4v) is 4.09. The summed E-state index contributed by atoms with van der Waals surface area (Å²) in [5.41, 5.74) is 4.10. The van der Waals surface area contributed by atoms with Crippen LogP contribution < -0.4 is 4.90 Å². The van der Waals surface area contributed by atoms with Crippen molar-refractivity contribution < 1.29 is 4.79 Å². The van der Waals surface area contributed by atoms with Crippen molar-refractivity contribution in [3.05, 3.63) is 67.6 Å². The van der Waals surface area contributed by atoms with E-state index in [4.69, 9.17) is 12.2 Å². The first-order valence-corrected chi connectivity index (χ1v) is 9.37. The Balaban J connectivity index is 1.95. The highest BCUT2D eigenvalue weighted by atomic mass is 127. The monoisotopic (exact) mass is 451 g/mol. The van der Waals surface area contributed by atoms with Crippen molar-refractivity contribution in [2.75, 3.05) is 4.90 Å². The van der Waals surface area contributed by atoms with E-state index >= 15 is 0 Å². The minimum atomic E-state index is -0.0505. The lowest BCUT2D eigenvalue weighted by molar-refractivity contribution is -0.113. The van der Waals surface area contributed by atoms with Crippen LogP contribution in [0, 0.1) is 17.4 Å². The number of amides is 1. The molecule has 0 aromatic heterocycles. The van der Waals surface area contributed by atoms with Crippen LogP contribution in [0.15, 0.2) is 47.4 Å². The summed E-state index contributed by atoms with van der Waals surface area (Å²) < 4.78 is 1.75. The van der Waals surface area contributed by atoms with Crippen LogP contribution in [0.4, 0.5) is 5.69 Å². The zero-order valence-corrected chi connectivity index (χ0v) is 16.5. The minimum Gasteiger partial charge on any atom is -0.268 e. The molecule has 0 unspecified atom stereocenters. The first-order chi connectivity index (χ1) is 11.0. The molecule has 2 aromatic carbocycles. The van der Waals surface area contributed by atoms with E-state index < -0.39 is 0 Å². The Kier molecular flexibility index (Phi) is 4.89. The van der Waals surface area contributed by atoms with Gasteiger partial charge in [-0.05, 0) is 71.8 Å². The molecule has 1 aliphatic heterocycles. The molecule has 2 aromatic rings. The molecular formula is C18H14INOS2. The molecule has 5 heteroatoms. The molecule has 116 valence electrons. The molecule has 0 radical (unpaired) electrons. The molecular weight excluding hydrogens is 437 g/mol. The van der Waals surface area contributed by atoms with Crippen molar-refractivity contribution in [2.24, 2.45) is 0 Å². The number of halogens is 1. The molecule has 2 nitrogen and oxygen atoms in total. The topological polar surface area (TPSA) is 20.3 Å². The average molecular weight is 451 g/mol. The van der Waals surface area contributed by atoms with E-state index in [9.17, 15) is 4.79 Å². The third kappa shape index (κ3) is 3.51. The molecule has 1 amide bonds. The van der Waals surface area contributed by atoms with Crippen LogP contribution in [0.1, 0.15) is 16.7 Å². The maximum absolute atomic E-state index is 12.8. The van der Waals surface area contributed by atoms with Gasteiger partial charge < -0.3 is 0 Å². The summed E-state index contributed by atoms with van der Waals surface area (Å²) >= 11 is 9.05. The van der Waals surface area contributed by atoms with E-state index in [1.807, 2.05) is 56.3 Å². The van der Waals surface area contributed by atoms with Crippen molar-refractivity contribution >= 4 is 68.6 Å². The summed E-state index contributed by atoms with van der Waals surface area (Å²) in [5, 5.41) is 0. The van der Waals surface area contributed by atoms with Gasteiger partial charge in [0.2, 0.25) is 0 Å². The largest absolute Gasteiger partial charge is 0.270 e. The number of carbonyl (C=O) groups is 1.